The molecule has 0 aromatic rings. The molecule has 0 saturated carbocycles. The molecule has 4 nitrogen and oxygen atoms in total. The minimum atomic E-state index is 0.227. The first-order chi connectivity index (χ1) is 6.10. The lowest BCUT2D eigenvalue weighted by Crippen LogP contribution is -2.33. The molecule has 0 radical (unpaired) electrons. The molecule has 0 spiro atoms. The summed E-state index contributed by atoms with van der Waals surface area (Å²) in [7, 11) is 0. The summed E-state index contributed by atoms with van der Waals surface area (Å²) < 4.78 is 0.894. The molecular weight excluding hydrogens is 234 g/mol. The molecule has 0 amide bonds. The van der Waals surface area contributed by atoms with E-state index in [4.69, 9.17) is 10.9 Å². The van der Waals surface area contributed by atoms with Crippen molar-refractivity contribution in [1.29, 1.82) is 0 Å². The van der Waals surface area contributed by atoms with E-state index in [0.717, 1.165) is 10.9 Å². The molecule has 0 fully saturated rings. The van der Waals surface area contributed by atoms with Gasteiger partial charge in [0.25, 0.3) is 0 Å². The van der Waals surface area contributed by atoms with Gasteiger partial charge in [-0.1, -0.05) is 34.6 Å². The fourth-order valence-electron chi connectivity index (χ4n) is 0.909. The fraction of sp³-hybridized carbons (Fsp3) is 0.625. The maximum atomic E-state index is 8.36. The highest BCUT2D eigenvalue weighted by Gasteiger charge is 2.07. The first-order valence-electron chi connectivity index (χ1n) is 4.13. The fourth-order valence-corrected chi connectivity index (χ4v) is 1.07. The normalized spacial score (nSPS) is 14.2. The summed E-state index contributed by atoms with van der Waals surface area (Å²) in [5.74, 6) is 0.250. The summed E-state index contributed by atoms with van der Waals surface area (Å²) in [5.41, 5.74) is 5.38. The Morgan fingerprint density at radius 3 is 2.77 bits per heavy atom. The number of nitrogens with one attached hydrogen (secondary N) is 1. The van der Waals surface area contributed by atoms with Crippen LogP contribution in [0.15, 0.2) is 16.2 Å². The van der Waals surface area contributed by atoms with E-state index in [-0.39, 0.29) is 11.9 Å². The summed E-state index contributed by atoms with van der Waals surface area (Å²) >= 11 is 3.25. The molecule has 76 valence electrons. The van der Waals surface area contributed by atoms with Crippen LogP contribution in [0.1, 0.15) is 19.8 Å². The third-order valence-electron chi connectivity index (χ3n) is 1.66. The van der Waals surface area contributed by atoms with E-state index in [1.54, 1.807) is 0 Å². The number of nitrogens with zero attached hydrogens (tertiary/aromatic N) is 1. The summed E-state index contributed by atoms with van der Waals surface area (Å²) in [5, 5.41) is 14.5. The van der Waals surface area contributed by atoms with Crippen LogP contribution in [0.5, 0.6) is 0 Å². The van der Waals surface area contributed by atoms with E-state index < -0.39 is 0 Å². The van der Waals surface area contributed by atoms with Gasteiger partial charge in [-0.25, -0.2) is 0 Å². The smallest absolute Gasteiger partial charge is 0.140 e. The van der Waals surface area contributed by atoms with Crippen molar-refractivity contribution in [2.45, 2.75) is 25.8 Å². The van der Waals surface area contributed by atoms with Gasteiger partial charge in [0.05, 0.1) is 0 Å². The Balaban J connectivity index is 3.82. The topological polar surface area (TPSA) is 70.6 Å². The Kier molecular flexibility index (Phi) is 6.62. The minimum Gasteiger partial charge on any atom is -0.409 e. The van der Waals surface area contributed by atoms with Gasteiger partial charge in [-0.3, -0.25) is 0 Å². The van der Waals surface area contributed by atoms with Crippen molar-refractivity contribution in [3.63, 3.8) is 0 Å². The van der Waals surface area contributed by atoms with Gasteiger partial charge in [0.1, 0.15) is 5.84 Å². The van der Waals surface area contributed by atoms with Crippen LogP contribution in [0, 0.1) is 0 Å². The van der Waals surface area contributed by atoms with Gasteiger partial charge in [0.15, 0.2) is 0 Å². The molecule has 13 heavy (non-hydrogen) atoms. The van der Waals surface area contributed by atoms with Gasteiger partial charge in [-0.2, -0.15) is 0 Å². The Bertz CT molecular complexity index is 194. The SMILES string of the molecule is C=C(Br)CNC(CC)CC(N)=NO. The molecule has 0 aromatic heterocycles. The summed E-state index contributed by atoms with van der Waals surface area (Å²) in [6.07, 6.45) is 1.48. The molecule has 4 N–H and O–H groups in total. The summed E-state index contributed by atoms with van der Waals surface area (Å²) in [4.78, 5) is 0. The van der Waals surface area contributed by atoms with Crippen molar-refractivity contribution < 1.29 is 5.21 Å². The zero-order valence-corrected chi connectivity index (χ0v) is 9.34. The molecule has 0 rings (SSSR count). The van der Waals surface area contributed by atoms with Crippen LogP contribution in [0.3, 0.4) is 0 Å². The highest BCUT2D eigenvalue weighted by Crippen LogP contribution is 2.02. The van der Waals surface area contributed by atoms with Crippen molar-refractivity contribution in [2.75, 3.05) is 6.54 Å². The molecule has 0 aliphatic heterocycles. The maximum absolute atomic E-state index is 8.36. The van der Waals surface area contributed by atoms with Gasteiger partial charge >= 0.3 is 0 Å². The van der Waals surface area contributed by atoms with Gasteiger partial charge < -0.3 is 16.3 Å². The molecule has 0 aliphatic rings. The van der Waals surface area contributed by atoms with Crippen molar-refractivity contribution in [1.82, 2.24) is 5.32 Å². The molecule has 1 atom stereocenters. The van der Waals surface area contributed by atoms with Crippen molar-refractivity contribution in [2.24, 2.45) is 10.9 Å². The maximum Gasteiger partial charge on any atom is 0.140 e. The van der Waals surface area contributed by atoms with E-state index >= 15 is 0 Å². The van der Waals surface area contributed by atoms with Crippen LogP contribution in [-0.2, 0) is 0 Å². The number of hydrogen-bond acceptors (Lipinski definition) is 3. The monoisotopic (exact) mass is 249 g/mol. The Hall–Kier alpha value is -0.550. The first-order valence-corrected chi connectivity index (χ1v) is 4.92. The van der Waals surface area contributed by atoms with E-state index in [1.807, 2.05) is 6.92 Å². The number of hydrogen-bond donors (Lipinski definition) is 3. The van der Waals surface area contributed by atoms with E-state index in [1.165, 1.54) is 0 Å². The van der Waals surface area contributed by atoms with Gasteiger partial charge in [-0.15, -0.1) is 0 Å². The van der Waals surface area contributed by atoms with E-state index in [0.29, 0.717) is 13.0 Å². The van der Waals surface area contributed by atoms with Crippen molar-refractivity contribution >= 4 is 21.8 Å². The quantitative estimate of drug-likeness (QED) is 0.289. The number of nitrogens with two attached hydrogens (primary N) is 1. The van der Waals surface area contributed by atoms with Crippen LogP contribution in [0.2, 0.25) is 0 Å². The highest BCUT2D eigenvalue weighted by molar-refractivity contribution is 9.11. The average molecular weight is 250 g/mol. The Labute approximate surface area is 87.0 Å². The summed E-state index contributed by atoms with van der Waals surface area (Å²) in [6, 6.07) is 0.227. The Morgan fingerprint density at radius 1 is 1.77 bits per heavy atom. The number of halogens is 1. The highest BCUT2D eigenvalue weighted by atomic mass is 79.9. The third kappa shape index (κ3) is 6.60. The molecule has 0 aliphatic carbocycles. The molecule has 5 heteroatoms. The van der Waals surface area contributed by atoms with Crippen LogP contribution < -0.4 is 11.1 Å². The summed E-state index contributed by atoms with van der Waals surface area (Å²) in [6.45, 7) is 6.44. The van der Waals surface area contributed by atoms with Gasteiger partial charge in [-0.05, 0) is 6.42 Å². The first kappa shape index (κ1) is 12.4. The van der Waals surface area contributed by atoms with Crippen LogP contribution in [-0.4, -0.2) is 23.6 Å². The lowest BCUT2D eigenvalue weighted by atomic mass is 10.1. The van der Waals surface area contributed by atoms with Crippen LogP contribution in [0.25, 0.3) is 0 Å². The molecular formula is C8H16BrN3O. The third-order valence-corrected chi connectivity index (χ3v) is 1.94. The number of rotatable bonds is 6. The second kappa shape index (κ2) is 6.91. The molecule has 0 bridgehead atoms. The molecule has 0 aromatic carbocycles. The number of amidine groups is 1. The predicted molar refractivity (Wildman–Crippen MR) is 58.2 cm³/mol. The standard InChI is InChI=1S/C8H16BrN3O/c1-3-7(4-8(10)12-13)11-5-6(2)9/h7,11,13H,2-5H2,1H3,(H2,10,12). The predicted octanol–water partition coefficient (Wildman–Crippen LogP) is 1.40. The zero-order valence-electron chi connectivity index (χ0n) is 7.76. The van der Waals surface area contributed by atoms with E-state index in [2.05, 4.69) is 33.0 Å². The number of oxime groups is 1. The van der Waals surface area contributed by atoms with Crippen LogP contribution in [0.4, 0.5) is 0 Å². The Morgan fingerprint density at radius 2 is 2.38 bits per heavy atom. The zero-order chi connectivity index (χ0) is 10.3. The second-order valence-corrected chi connectivity index (χ2v) is 3.92. The molecule has 1 unspecified atom stereocenters. The van der Waals surface area contributed by atoms with Gasteiger partial charge in [0, 0.05) is 23.5 Å². The molecule has 0 saturated heterocycles. The van der Waals surface area contributed by atoms with Crippen LogP contribution >= 0.6 is 15.9 Å². The van der Waals surface area contributed by atoms with E-state index in [9.17, 15) is 0 Å². The van der Waals surface area contributed by atoms with Crippen molar-refractivity contribution in [3.8, 4) is 0 Å². The van der Waals surface area contributed by atoms with Crippen molar-refractivity contribution in [3.05, 3.63) is 11.1 Å². The largest absolute Gasteiger partial charge is 0.409 e. The lowest BCUT2D eigenvalue weighted by molar-refractivity contribution is 0.315. The minimum absolute atomic E-state index is 0.227. The van der Waals surface area contributed by atoms with Gasteiger partial charge in [0.2, 0.25) is 0 Å². The average Bonchev–Trinajstić information content (AvgIpc) is 2.11. The lowest BCUT2D eigenvalue weighted by Gasteiger charge is -2.15. The molecule has 0 heterocycles. The second-order valence-electron chi connectivity index (χ2n) is 2.80.